The molecule has 0 aliphatic carbocycles. The lowest BCUT2D eigenvalue weighted by atomic mass is 9.96. The van der Waals surface area contributed by atoms with E-state index >= 15 is 0 Å². The van der Waals surface area contributed by atoms with Crippen molar-refractivity contribution in [3.05, 3.63) is 69.8 Å². The number of aryl methyl sites for hydroxylation is 2. The van der Waals surface area contributed by atoms with Crippen LogP contribution in [-0.4, -0.2) is 16.9 Å². The molecule has 0 amide bonds. The van der Waals surface area contributed by atoms with Crippen LogP contribution >= 0.6 is 0 Å². The summed E-state index contributed by atoms with van der Waals surface area (Å²) in [5.41, 5.74) is 4.88. The van der Waals surface area contributed by atoms with Gasteiger partial charge in [-0.3, -0.25) is 4.79 Å². The summed E-state index contributed by atoms with van der Waals surface area (Å²) in [5, 5.41) is 9.04. The van der Waals surface area contributed by atoms with E-state index in [4.69, 9.17) is 5.11 Å². The summed E-state index contributed by atoms with van der Waals surface area (Å²) in [5.74, 6) is -0.847. The van der Waals surface area contributed by atoms with Gasteiger partial charge in [0.1, 0.15) is 0 Å². The molecule has 2 rings (SSSR count). The van der Waals surface area contributed by atoms with E-state index in [1.807, 2.05) is 37.3 Å². The third kappa shape index (κ3) is 3.37. The first-order valence-corrected chi connectivity index (χ1v) is 6.82. The highest BCUT2D eigenvalue weighted by molar-refractivity contribution is 5.95. The van der Waals surface area contributed by atoms with Gasteiger partial charge in [-0.1, -0.05) is 24.3 Å². The maximum atomic E-state index is 11.6. The van der Waals surface area contributed by atoms with Crippen LogP contribution in [0.25, 0.3) is 0 Å². The minimum Gasteiger partial charge on any atom is -0.478 e. The average Bonchev–Trinajstić information content (AvgIpc) is 2.40. The topological polar surface area (TPSA) is 54.4 Å². The number of carboxylic acids is 1. The second kappa shape index (κ2) is 5.92. The van der Waals surface area contributed by atoms with Gasteiger partial charge in [-0.25, -0.2) is 4.79 Å². The predicted octanol–water partition coefficient (Wildman–Crippen LogP) is 3.80. The first-order chi connectivity index (χ1) is 9.88. The summed E-state index contributed by atoms with van der Waals surface area (Å²) in [4.78, 5) is 22.6. The monoisotopic (exact) mass is 282 g/mol. The maximum absolute atomic E-state index is 11.6. The smallest absolute Gasteiger partial charge is 0.335 e. The molecule has 0 saturated carbocycles. The van der Waals surface area contributed by atoms with Crippen LogP contribution in [0.3, 0.4) is 0 Å². The van der Waals surface area contributed by atoms with Crippen LogP contribution in [0.2, 0.25) is 0 Å². The van der Waals surface area contributed by atoms with E-state index in [-0.39, 0.29) is 5.78 Å². The van der Waals surface area contributed by atoms with E-state index in [0.717, 1.165) is 27.8 Å². The van der Waals surface area contributed by atoms with Crippen molar-refractivity contribution in [3.8, 4) is 0 Å². The Hall–Kier alpha value is -2.42. The number of carbonyl (C=O) groups is 2. The van der Waals surface area contributed by atoms with Crippen molar-refractivity contribution >= 4 is 11.8 Å². The Kier molecular flexibility index (Phi) is 4.22. The van der Waals surface area contributed by atoms with Gasteiger partial charge in [-0.15, -0.1) is 0 Å². The Morgan fingerprint density at radius 3 is 2.10 bits per heavy atom. The molecule has 0 radical (unpaired) electrons. The number of carboxylic acid groups (broad SMARTS) is 1. The molecule has 0 aliphatic heterocycles. The number of hydrogen-bond donors (Lipinski definition) is 1. The molecule has 0 unspecified atom stereocenters. The number of aromatic carboxylic acids is 1. The van der Waals surface area contributed by atoms with Crippen molar-refractivity contribution in [2.24, 2.45) is 0 Å². The van der Waals surface area contributed by atoms with E-state index in [2.05, 4.69) is 0 Å². The minimum absolute atomic E-state index is 0.0618. The average molecular weight is 282 g/mol. The molecule has 0 spiro atoms. The van der Waals surface area contributed by atoms with Crippen molar-refractivity contribution in [2.75, 3.05) is 0 Å². The van der Waals surface area contributed by atoms with E-state index in [9.17, 15) is 9.59 Å². The molecule has 0 bridgehead atoms. The fourth-order valence-electron chi connectivity index (χ4n) is 2.47. The summed E-state index contributed by atoms with van der Waals surface area (Å²) >= 11 is 0. The standard InChI is InChI=1S/C18H18O3/c1-11-4-5-15(10-17(11)13(3)19)9-14-6-7-16(18(20)21)12(2)8-14/h4-8,10H,9H2,1-3H3,(H,20,21). The van der Waals surface area contributed by atoms with Crippen molar-refractivity contribution in [1.29, 1.82) is 0 Å². The number of benzene rings is 2. The van der Waals surface area contributed by atoms with Crippen LogP contribution in [0, 0.1) is 13.8 Å². The zero-order valence-electron chi connectivity index (χ0n) is 12.4. The van der Waals surface area contributed by atoms with Gasteiger partial charge in [0, 0.05) is 5.56 Å². The molecule has 3 heteroatoms. The summed E-state index contributed by atoms with van der Waals surface area (Å²) in [6, 6.07) is 11.2. The van der Waals surface area contributed by atoms with Gasteiger partial charge >= 0.3 is 5.97 Å². The van der Waals surface area contributed by atoms with Gasteiger partial charge in [-0.05, 0) is 61.6 Å². The molecular formula is C18H18O3. The van der Waals surface area contributed by atoms with Gasteiger partial charge in [0.2, 0.25) is 0 Å². The number of hydrogen-bond acceptors (Lipinski definition) is 2. The Morgan fingerprint density at radius 1 is 0.905 bits per heavy atom. The zero-order valence-corrected chi connectivity index (χ0v) is 12.4. The first kappa shape index (κ1) is 15.0. The predicted molar refractivity (Wildman–Crippen MR) is 82.1 cm³/mol. The minimum atomic E-state index is -0.909. The Balaban J connectivity index is 2.30. The van der Waals surface area contributed by atoms with E-state index in [1.54, 1.807) is 19.9 Å². The van der Waals surface area contributed by atoms with E-state index < -0.39 is 5.97 Å². The first-order valence-electron chi connectivity index (χ1n) is 6.82. The molecule has 1 N–H and O–H groups in total. The molecule has 21 heavy (non-hydrogen) atoms. The third-order valence-corrected chi connectivity index (χ3v) is 3.61. The fraction of sp³-hybridized carbons (Fsp3) is 0.222. The molecule has 0 atom stereocenters. The van der Waals surface area contributed by atoms with E-state index in [0.29, 0.717) is 12.0 Å². The molecule has 0 fully saturated rings. The highest BCUT2D eigenvalue weighted by Crippen LogP contribution is 2.18. The Labute approximate surface area is 124 Å². The van der Waals surface area contributed by atoms with Crippen LogP contribution in [-0.2, 0) is 6.42 Å². The SMILES string of the molecule is CC(=O)c1cc(Cc2ccc(C(=O)O)c(C)c2)ccc1C. The van der Waals surface area contributed by atoms with Crippen molar-refractivity contribution in [1.82, 2.24) is 0 Å². The van der Waals surface area contributed by atoms with E-state index in [1.165, 1.54) is 0 Å². The maximum Gasteiger partial charge on any atom is 0.335 e. The molecular weight excluding hydrogens is 264 g/mol. The lowest BCUT2D eigenvalue weighted by Crippen LogP contribution is -2.01. The molecule has 0 heterocycles. The van der Waals surface area contributed by atoms with Crippen LogP contribution in [0.4, 0.5) is 0 Å². The highest BCUT2D eigenvalue weighted by atomic mass is 16.4. The van der Waals surface area contributed by atoms with Gasteiger partial charge in [0.15, 0.2) is 5.78 Å². The molecule has 108 valence electrons. The Morgan fingerprint density at radius 2 is 1.52 bits per heavy atom. The van der Waals surface area contributed by atoms with Gasteiger partial charge in [-0.2, -0.15) is 0 Å². The normalized spacial score (nSPS) is 10.4. The quantitative estimate of drug-likeness (QED) is 0.868. The summed E-state index contributed by atoms with van der Waals surface area (Å²) < 4.78 is 0. The number of rotatable bonds is 4. The fourth-order valence-corrected chi connectivity index (χ4v) is 2.47. The van der Waals surface area contributed by atoms with Crippen LogP contribution in [0.1, 0.15) is 49.9 Å². The number of Topliss-reactive ketones (excluding diaryl/α,β-unsaturated/α-hetero) is 1. The lowest BCUT2D eigenvalue weighted by molar-refractivity contribution is 0.0696. The molecule has 3 nitrogen and oxygen atoms in total. The largest absolute Gasteiger partial charge is 0.478 e. The summed E-state index contributed by atoms with van der Waals surface area (Å²) in [6.45, 7) is 5.29. The van der Waals surface area contributed by atoms with Crippen LogP contribution in [0.5, 0.6) is 0 Å². The third-order valence-electron chi connectivity index (χ3n) is 3.61. The number of ketones is 1. The summed E-state index contributed by atoms with van der Waals surface area (Å²) in [6.07, 6.45) is 0.682. The highest BCUT2D eigenvalue weighted by Gasteiger charge is 2.09. The van der Waals surface area contributed by atoms with Crippen molar-refractivity contribution in [2.45, 2.75) is 27.2 Å². The molecule has 0 saturated heterocycles. The second-order valence-corrected chi connectivity index (χ2v) is 5.34. The Bertz CT molecular complexity index is 714. The molecule has 2 aromatic carbocycles. The van der Waals surface area contributed by atoms with Gasteiger partial charge < -0.3 is 5.11 Å². The summed E-state index contributed by atoms with van der Waals surface area (Å²) in [7, 11) is 0. The lowest BCUT2D eigenvalue weighted by Gasteiger charge is -2.08. The second-order valence-electron chi connectivity index (χ2n) is 5.34. The van der Waals surface area contributed by atoms with Gasteiger partial charge in [0.05, 0.1) is 5.56 Å². The van der Waals surface area contributed by atoms with Crippen LogP contribution < -0.4 is 0 Å². The van der Waals surface area contributed by atoms with Crippen LogP contribution in [0.15, 0.2) is 36.4 Å². The zero-order chi connectivity index (χ0) is 15.6. The number of carbonyl (C=O) groups excluding carboxylic acids is 1. The molecule has 2 aromatic rings. The molecule has 0 aromatic heterocycles. The van der Waals surface area contributed by atoms with Crippen molar-refractivity contribution < 1.29 is 14.7 Å². The molecule has 0 aliphatic rings. The van der Waals surface area contributed by atoms with Crippen molar-refractivity contribution in [3.63, 3.8) is 0 Å². The van der Waals surface area contributed by atoms with Gasteiger partial charge in [0.25, 0.3) is 0 Å².